The standard InChI is InChI=1S/C15H21NO2/c1-12(13-6-4-3-5-7-13)15(17)18-14-8-10-16(2)11-9-14/h3-7,12,14H,8-11H2,1-2H3/t12-/m0/s1. The monoisotopic (exact) mass is 247 g/mol. The number of likely N-dealkylation sites (tertiary alicyclic amines) is 1. The van der Waals surface area contributed by atoms with E-state index < -0.39 is 0 Å². The third-order valence-corrected chi connectivity index (χ3v) is 3.60. The zero-order valence-corrected chi connectivity index (χ0v) is 11.1. The summed E-state index contributed by atoms with van der Waals surface area (Å²) in [6.45, 7) is 3.93. The van der Waals surface area contributed by atoms with Crippen LogP contribution in [0.4, 0.5) is 0 Å². The molecule has 1 fully saturated rings. The number of hydrogen-bond acceptors (Lipinski definition) is 3. The van der Waals surface area contributed by atoms with E-state index in [1.807, 2.05) is 37.3 Å². The van der Waals surface area contributed by atoms with E-state index in [1.54, 1.807) is 0 Å². The zero-order chi connectivity index (χ0) is 13.0. The summed E-state index contributed by atoms with van der Waals surface area (Å²) in [7, 11) is 2.10. The molecule has 0 radical (unpaired) electrons. The second kappa shape index (κ2) is 6.01. The quantitative estimate of drug-likeness (QED) is 0.768. The number of nitrogens with zero attached hydrogens (tertiary/aromatic N) is 1. The fourth-order valence-corrected chi connectivity index (χ4v) is 2.25. The minimum Gasteiger partial charge on any atom is -0.462 e. The highest BCUT2D eigenvalue weighted by Crippen LogP contribution is 2.20. The summed E-state index contributed by atoms with van der Waals surface area (Å²) in [5, 5.41) is 0. The third-order valence-electron chi connectivity index (χ3n) is 3.60. The topological polar surface area (TPSA) is 29.5 Å². The van der Waals surface area contributed by atoms with Crippen molar-refractivity contribution in [2.45, 2.75) is 31.8 Å². The molecule has 98 valence electrons. The number of rotatable bonds is 3. The third kappa shape index (κ3) is 3.33. The molecule has 1 atom stereocenters. The highest BCUT2D eigenvalue weighted by molar-refractivity contribution is 5.77. The molecule has 0 aliphatic carbocycles. The summed E-state index contributed by atoms with van der Waals surface area (Å²) in [6.07, 6.45) is 1.99. The molecule has 0 unspecified atom stereocenters. The number of ether oxygens (including phenoxy) is 1. The molecule has 1 aromatic rings. The average Bonchev–Trinajstić information content (AvgIpc) is 2.41. The van der Waals surface area contributed by atoms with Crippen molar-refractivity contribution in [3.05, 3.63) is 35.9 Å². The number of carbonyl (C=O) groups excluding carboxylic acids is 1. The number of benzene rings is 1. The minimum absolute atomic E-state index is 0.0971. The van der Waals surface area contributed by atoms with Crippen LogP contribution in [0.25, 0.3) is 0 Å². The van der Waals surface area contributed by atoms with Gasteiger partial charge in [0.15, 0.2) is 0 Å². The lowest BCUT2D eigenvalue weighted by Crippen LogP contribution is -2.35. The van der Waals surface area contributed by atoms with Gasteiger partial charge in [-0.25, -0.2) is 0 Å². The zero-order valence-electron chi connectivity index (χ0n) is 11.1. The van der Waals surface area contributed by atoms with E-state index >= 15 is 0 Å². The summed E-state index contributed by atoms with van der Waals surface area (Å²) in [5.74, 6) is -0.276. The first kappa shape index (κ1) is 13.1. The van der Waals surface area contributed by atoms with Gasteiger partial charge in [-0.3, -0.25) is 4.79 Å². The SMILES string of the molecule is C[C@H](C(=O)OC1CCN(C)CC1)c1ccccc1. The largest absolute Gasteiger partial charge is 0.462 e. The maximum atomic E-state index is 12.1. The Labute approximate surface area is 109 Å². The molecule has 0 N–H and O–H groups in total. The van der Waals surface area contributed by atoms with E-state index in [0.717, 1.165) is 31.5 Å². The van der Waals surface area contributed by atoms with E-state index in [2.05, 4.69) is 11.9 Å². The van der Waals surface area contributed by atoms with Crippen molar-refractivity contribution >= 4 is 5.97 Å². The van der Waals surface area contributed by atoms with Gasteiger partial charge in [0.05, 0.1) is 5.92 Å². The Bertz CT molecular complexity index is 383. The van der Waals surface area contributed by atoms with Crippen LogP contribution in [0, 0.1) is 0 Å². The maximum absolute atomic E-state index is 12.1. The predicted octanol–water partition coefficient (Wildman–Crippen LogP) is 2.43. The van der Waals surface area contributed by atoms with Crippen LogP contribution in [0.5, 0.6) is 0 Å². The Morgan fingerprint density at radius 1 is 1.28 bits per heavy atom. The van der Waals surface area contributed by atoms with Crippen LogP contribution in [0.1, 0.15) is 31.2 Å². The summed E-state index contributed by atoms with van der Waals surface area (Å²) in [5.41, 5.74) is 1.02. The number of carbonyl (C=O) groups is 1. The van der Waals surface area contributed by atoms with Crippen molar-refractivity contribution < 1.29 is 9.53 Å². The van der Waals surface area contributed by atoms with E-state index in [0.29, 0.717) is 0 Å². The van der Waals surface area contributed by atoms with Gasteiger partial charge in [-0.1, -0.05) is 30.3 Å². The molecular weight excluding hydrogens is 226 g/mol. The molecule has 3 heteroatoms. The first-order valence-electron chi connectivity index (χ1n) is 6.61. The Kier molecular flexibility index (Phi) is 4.37. The molecule has 1 aromatic carbocycles. The van der Waals surface area contributed by atoms with Gasteiger partial charge in [0.1, 0.15) is 6.10 Å². The van der Waals surface area contributed by atoms with Crippen molar-refractivity contribution in [1.82, 2.24) is 4.90 Å². The lowest BCUT2D eigenvalue weighted by molar-refractivity contribution is -0.152. The Hall–Kier alpha value is -1.35. The molecule has 0 spiro atoms. The molecule has 18 heavy (non-hydrogen) atoms. The van der Waals surface area contributed by atoms with Crippen LogP contribution >= 0.6 is 0 Å². The van der Waals surface area contributed by atoms with Gasteiger partial charge >= 0.3 is 5.97 Å². The molecule has 1 aliphatic rings. The van der Waals surface area contributed by atoms with E-state index in [9.17, 15) is 4.79 Å². The molecule has 0 amide bonds. The lowest BCUT2D eigenvalue weighted by atomic mass is 10.0. The Morgan fingerprint density at radius 3 is 2.50 bits per heavy atom. The Morgan fingerprint density at radius 2 is 1.89 bits per heavy atom. The van der Waals surface area contributed by atoms with Crippen molar-refractivity contribution in [2.24, 2.45) is 0 Å². The van der Waals surface area contributed by atoms with Crippen LogP contribution < -0.4 is 0 Å². The summed E-state index contributed by atoms with van der Waals surface area (Å²) >= 11 is 0. The molecule has 0 saturated carbocycles. The molecule has 1 aliphatic heterocycles. The normalized spacial score (nSPS) is 19.4. The van der Waals surface area contributed by atoms with Gasteiger partial charge in [0, 0.05) is 13.1 Å². The molecule has 1 heterocycles. The maximum Gasteiger partial charge on any atom is 0.313 e. The predicted molar refractivity (Wildman–Crippen MR) is 71.5 cm³/mol. The van der Waals surface area contributed by atoms with Gasteiger partial charge in [0.2, 0.25) is 0 Å². The summed E-state index contributed by atoms with van der Waals surface area (Å²) in [6, 6.07) is 9.81. The van der Waals surface area contributed by atoms with Crippen molar-refractivity contribution in [3.63, 3.8) is 0 Å². The van der Waals surface area contributed by atoms with Gasteiger partial charge in [-0.15, -0.1) is 0 Å². The van der Waals surface area contributed by atoms with Crippen LogP contribution in [0.3, 0.4) is 0 Å². The highest BCUT2D eigenvalue weighted by Gasteiger charge is 2.23. The van der Waals surface area contributed by atoms with Crippen LogP contribution in [0.15, 0.2) is 30.3 Å². The molecule has 2 rings (SSSR count). The number of esters is 1. The van der Waals surface area contributed by atoms with Crippen molar-refractivity contribution in [2.75, 3.05) is 20.1 Å². The first-order valence-corrected chi connectivity index (χ1v) is 6.61. The second-order valence-corrected chi connectivity index (χ2v) is 5.07. The van der Waals surface area contributed by atoms with Crippen LogP contribution in [-0.4, -0.2) is 37.1 Å². The van der Waals surface area contributed by atoms with E-state index in [-0.39, 0.29) is 18.0 Å². The van der Waals surface area contributed by atoms with E-state index in [1.165, 1.54) is 0 Å². The molecular formula is C15H21NO2. The van der Waals surface area contributed by atoms with Crippen LogP contribution in [-0.2, 0) is 9.53 Å². The number of hydrogen-bond donors (Lipinski definition) is 0. The van der Waals surface area contributed by atoms with Crippen LogP contribution in [0.2, 0.25) is 0 Å². The van der Waals surface area contributed by atoms with Gasteiger partial charge in [-0.2, -0.15) is 0 Å². The average molecular weight is 247 g/mol. The molecule has 1 saturated heterocycles. The molecule has 3 nitrogen and oxygen atoms in total. The van der Waals surface area contributed by atoms with Gasteiger partial charge < -0.3 is 9.64 Å². The Balaban J connectivity index is 1.88. The van der Waals surface area contributed by atoms with Gasteiger partial charge in [0.25, 0.3) is 0 Å². The summed E-state index contributed by atoms with van der Waals surface area (Å²) in [4.78, 5) is 14.3. The fraction of sp³-hybridized carbons (Fsp3) is 0.533. The second-order valence-electron chi connectivity index (χ2n) is 5.07. The first-order chi connectivity index (χ1) is 8.66. The number of piperidine rings is 1. The molecule has 0 bridgehead atoms. The lowest BCUT2D eigenvalue weighted by Gasteiger charge is -2.29. The fourth-order valence-electron chi connectivity index (χ4n) is 2.25. The highest BCUT2D eigenvalue weighted by atomic mass is 16.5. The smallest absolute Gasteiger partial charge is 0.313 e. The van der Waals surface area contributed by atoms with Crippen molar-refractivity contribution in [1.29, 1.82) is 0 Å². The van der Waals surface area contributed by atoms with Gasteiger partial charge in [-0.05, 0) is 32.4 Å². The summed E-state index contributed by atoms with van der Waals surface area (Å²) < 4.78 is 5.59. The minimum atomic E-state index is -0.175. The molecule has 0 aromatic heterocycles. The van der Waals surface area contributed by atoms with Crippen molar-refractivity contribution in [3.8, 4) is 0 Å². The van der Waals surface area contributed by atoms with E-state index in [4.69, 9.17) is 4.74 Å².